The third-order valence-electron chi connectivity index (χ3n) is 3.65. The maximum Gasteiger partial charge on any atom is 0.324 e. The fourth-order valence-corrected chi connectivity index (χ4v) is 2.70. The standard InChI is InChI=1S/C17H15ClN2O2/c18-14-6-7-15-13(10-14)11-20(16(15)21)17(22)19-9-8-12-4-2-1-3-5-12/h1-7,10H,8-9,11H2,(H,19,22). The van der Waals surface area contributed by atoms with Crippen LogP contribution in [0.1, 0.15) is 21.5 Å². The Morgan fingerprint density at radius 3 is 2.73 bits per heavy atom. The highest BCUT2D eigenvalue weighted by Crippen LogP contribution is 2.25. The van der Waals surface area contributed by atoms with Crippen LogP contribution in [0.15, 0.2) is 48.5 Å². The summed E-state index contributed by atoms with van der Waals surface area (Å²) < 4.78 is 0. The minimum Gasteiger partial charge on any atom is -0.337 e. The summed E-state index contributed by atoms with van der Waals surface area (Å²) in [5.74, 6) is -0.274. The van der Waals surface area contributed by atoms with Crippen molar-refractivity contribution in [1.29, 1.82) is 0 Å². The van der Waals surface area contributed by atoms with Gasteiger partial charge in [-0.25, -0.2) is 4.79 Å². The van der Waals surface area contributed by atoms with Crippen molar-refractivity contribution in [3.63, 3.8) is 0 Å². The van der Waals surface area contributed by atoms with E-state index in [9.17, 15) is 9.59 Å². The first kappa shape index (κ1) is 14.6. The van der Waals surface area contributed by atoms with Gasteiger partial charge in [-0.1, -0.05) is 41.9 Å². The summed E-state index contributed by atoms with van der Waals surface area (Å²) in [6.07, 6.45) is 0.730. The van der Waals surface area contributed by atoms with Crippen molar-refractivity contribution in [1.82, 2.24) is 10.2 Å². The Bertz CT molecular complexity index is 716. The number of fused-ring (bicyclic) bond motifs is 1. The van der Waals surface area contributed by atoms with Crippen LogP contribution in [-0.4, -0.2) is 23.4 Å². The largest absolute Gasteiger partial charge is 0.337 e. The molecule has 1 aliphatic heterocycles. The molecule has 2 aromatic carbocycles. The highest BCUT2D eigenvalue weighted by molar-refractivity contribution is 6.30. The zero-order valence-corrected chi connectivity index (χ0v) is 12.6. The van der Waals surface area contributed by atoms with Gasteiger partial charge in [0.1, 0.15) is 0 Å². The lowest BCUT2D eigenvalue weighted by atomic mass is 10.1. The van der Waals surface area contributed by atoms with E-state index in [0.29, 0.717) is 17.1 Å². The van der Waals surface area contributed by atoms with E-state index >= 15 is 0 Å². The number of imide groups is 1. The van der Waals surface area contributed by atoms with Gasteiger partial charge in [-0.15, -0.1) is 0 Å². The Balaban J connectivity index is 1.59. The number of rotatable bonds is 3. The number of urea groups is 1. The van der Waals surface area contributed by atoms with Gasteiger partial charge in [0.15, 0.2) is 0 Å². The molecule has 0 atom stereocenters. The van der Waals surface area contributed by atoms with Gasteiger partial charge < -0.3 is 5.32 Å². The average Bonchev–Trinajstić information content (AvgIpc) is 2.84. The maximum absolute atomic E-state index is 12.2. The van der Waals surface area contributed by atoms with Crippen LogP contribution in [0.5, 0.6) is 0 Å². The van der Waals surface area contributed by atoms with Crippen LogP contribution in [0.4, 0.5) is 4.79 Å². The molecule has 0 aromatic heterocycles. The van der Waals surface area contributed by atoms with Gasteiger partial charge in [-0.3, -0.25) is 9.69 Å². The molecule has 2 aromatic rings. The van der Waals surface area contributed by atoms with Crippen LogP contribution in [0.3, 0.4) is 0 Å². The third kappa shape index (κ3) is 2.97. The lowest BCUT2D eigenvalue weighted by Gasteiger charge is -2.14. The summed E-state index contributed by atoms with van der Waals surface area (Å²) in [7, 11) is 0. The summed E-state index contributed by atoms with van der Waals surface area (Å²) >= 11 is 5.92. The minimum absolute atomic E-state index is 0.270. The van der Waals surface area contributed by atoms with Gasteiger partial charge in [-0.05, 0) is 35.7 Å². The molecule has 3 rings (SSSR count). The number of nitrogens with one attached hydrogen (secondary N) is 1. The normalized spacial score (nSPS) is 13.1. The molecular formula is C17H15ClN2O2. The number of amides is 3. The molecule has 1 heterocycles. The first-order chi connectivity index (χ1) is 10.6. The van der Waals surface area contributed by atoms with Crippen LogP contribution in [0.2, 0.25) is 5.02 Å². The van der Waals surface area contributed by atoms with E-state index in [1.807, 2.05) is 30.3 Å². The molecule has 3 amide bonds. The number of benzene rings is 2. The summed E-state index contributed by atoms with van der Waals surface area (Å²) in [5, 5.41) is 3.35. The van der Waals surface area contributed by atoms with E-state index in [0.717, 1.165) is 17.5 Å². The molecule has 0 spiro atoms. The van der Waals surface area contributed by atoms with Crippen molar-refractivity contribution < 1.29 is 9.59 Å². The van der Waals surface area contributed by atoms with Crippen molar-refractivity contribution in [2.45, 2.75) is 13.0 Å². The van der Waals surface area contributed by atoms with Gasteiger partial charge in [-0.2, -0.15) is 0 Å². The first-order valence-corrected chi connectivity index (χ1v) is 7.45. The molecular weight excluding hydrogens is 300 g/mol. The second-order valence-corrected chi connectivity index (χ2v) is 5.60. The molecule has 22 heavy (non-hydrogen) atoms. The van der Waals surface area contributed by atoms with Crippen LogP contribution >= 0.6 is 11.6 Å². The first-order valence-electron chi connectivity index (χ1n) is 7.07. The van der Waals surface area contributed by atoms with Gasteiger partial charge in [0.2, 0.25) is 0 Å². The Labute approximate surface area is 133 Å². The Morgan fingerprint density at radius 2 is 1.95 bits per heavy atom. The molecule has 0 saturated carbocycles. The minimum atomic E-state index is -0.367. The molecule has 112 valence electrons. The molecule has 0 radical (unpaired) electrons. The topological polar surface area (TPSA) is 49.4 Å². The SMILES string of the molecule is O=C(NCCc1ccccc1)N1Cc2cc(Cl)ccc2C1=O. The second-order valence-electron chi connectivity index (χ2n) is 5.16. The lowest BCUT2D eigenvalue weighted by Crippen LogP contribution is -2.40. The summed E-state index contributed by atoms with van der Waals surface area (Å²) in [6.45, 7) is 0.760. The molecule has 1 aliphatic rings. The highest BCUT2D eigenvalue weighted by atomic mass is 35.5. The number of hydrogen-bond donors (Lipinski definition) is 1. The third-order valence-corrected chi connectivity index (χ3v) is 3.88. The van der Waals surface area contributed by atoms with E-state index in [4.69, 9.17) is 11.6 Å². The van der Waals surface area contributed by atoms with E-state index in [2.05, 4.69) is 5.32 Å². The number of halogens is 1. The number of nitrogens with zero attached hydrogens (tertiary/aromatic N) is 1. The molecule has 0 saturated heterocycles. The average molecular weight is 315 g/mol. The van der Waals surface area contributed by atoms with E-state index < -0.39 is 0 Å². The fraction of sp³-hybridized carbons (Fsp3) is 0.176. The summed E-state index contributed by atoms with van der Waals surface area (Å²) in [4.78, 5) is 25.6. The molecule has 0 aliphatic carbocycles. The van der Waals surface area contributed by atoms with Crippen LogP contribution in [-0.2, 0) is 13.0 Å². The maximum atomic E-state index is 12.2. The number of carbonyl (C=O) groups excluding carboxylic acids is 2. The molecule has 0 unspecified atom stereocenters. The van der Waals surface area contributed by atoms with Gasteiger partial charge >= 0.3 is 6.03 Å². The van der Waals surface area contributed by atoms with Crippen molar-refractivity contribution in [2.24, 2.45) is 0 Å². The van der Waals surface area contributed by atoms with Crippen LogP contribution < -0.4 is 5.32 Å². The highest BCUT2D eigenvalue weighted by Gasteiger charge is 2.31. The summed E-state index contributed by atoms with van der Waals surface area (Å²) in [5.41, 5.74) is 2.48. The molecule has 1 N–H and O–H groups in total. The molecule has 5 heteroatoms. The van der Waals surface area contributed by atoms with Gasteiger partial charge in [0.25, 0.3) is 5.91 Å². The van der Waals surface area contributed by atoms with Crippen molar-refractivity contribution in [3.05, 3.63) is 70.2 Å². The van der Waals surface area contributed by atoms with E-state index in [-0.39, 0.29) is 18.5 Å². The van der Waals surface area contributed by atoms with Crippen LogP contribution in [0.25, 0.3) is 0 Å². The Morgan fingerprint density at radius 1 is 1.18 bits per heavy atom. The fourth-order valence-electron chi connectivity index (χ4n) is 2.51. The Kier molecular flexibility index (Phi) is 4.11. The monoisotopic (exact) mass is 314 g/mol. The van der Waals surface area contributed by atoms with E-state index in [1.165, 1.54) is 4.90 Å². The lowest BCUT2D eigenvalue weighted by molar-refractivity contribution is 0.0821. The quantitative estimate of drug-likeness (QED) is 0.945. The predicted molar refractivity (Wildman–Crippen MR) is 84.9 cm³/mol. The molecule has 0 fully saturated rings. The molecule has 4 nitrogen and oxygen atoms in total. The summed E-state index contributed by atoms with van der Waals surface area (Å²) in [6, 6.07) is 14.6. The molecule has 0 bridgehead atoms. The smallest absolute Gasteiger partial charge is 0.324 e. The number of carbonyl (C=O) groups is 2. The van der Waals surface area contributed by atoms with Crippen molar-refractivity contribution in [3.8, 4) is 0 Å². The van der Waals surface area contributed by atoms with Crippen LogP contribution in [0, 0.1) is 0 Å². The van der Waals surface area contributed by atoms with Gasteiger partial charge in [0.05, 0.1) is 6.54 Å². The van der Waals surface area contributed by atoms with E-state index in [1.54, 1.807) is 18.2 Å². The van der Waals surface area contributed by atoms with Crippen molar-refractivity contribution in [2.75, 3.05) is 6.54 Å². The Hall–Kier alpha value is -2.33. The number of hydrogen-bond acceptors (Lipinski definition) is 2. The predicted octanol–water partition coefficient (Wildman–Crippen LogP) is 3.25. The zero-order chi connectivity index (χ0) is 15.5. The second kappa shape index (κ2) is 6.20. The van der Waals surface area contributed by atoms with Crippen molar-refractivity contribution >= 4 is 23.5 Å². The zero-order valence-electron chi connectivity index (χ0n) is 11.9. The van der Waals surface area contributed by atoms with Gasteiger partial charge in [0, 0.05) is 17.1 Å².